The Bertz CT molecular complexity index is 1070. The first-order chi connectivity index (χ1) is 13.2. The van der Waals surface area contributed by atoms with Crippen molar-refractivity contribution in [1.29, 1.82) is 0 Å². The number of anilines is 1. The third-order valence-electron chi connectivity index (χ3n) is 5.94. The molecule has 0 radical (unpaired) electrons. The zero-order valence-electron chi connectivity index (χ0n) is 15.3. The van der Waals surface area contributed by atoms with Crippen molar-refractivity contribution in [2.45, 2.75) is 11.8 Å². The zero-order valence-corrected chi connectivity index (χ0v) is 15.3. The molecule has 0 N–H and O–H groups in total. The molecule has 0 bridgehead atoms. The molecule has 3 aromatic rings. The molecule has 1 atom stereocenters. The van der Waals surface area contributed by atoms with Crippen molar-refractivity contribution in [1.82, 2.24) is 0 Å². The van der Waals surface area contributed by atoms with E-state index in [0.717, 1.165) is 24.0 Å². The lowest BCUT2D eigenvalue weighted by molar-refractivity contribution is -0.105. The van der Waals surface area contributed by atoms with Gasteiger partial charge in [-0.1, -0.05) is 60.7 Å². The smallest absolute Gasteiger partial charge is 0.150 e. The largest absolute Gasteiger partial charge is 0.375 e. The molecule has 0 saturated heterocycles. The summed E-state index contributed by atoms with van der Waals surface area (Å²) < 4.78 is 6.00. The summed E-state index contributed by atoms with van der Waals surface area (Å²) in [4.78, 5) is 14.1. The van der Waals surface area contributed by atoms with Gasteiger partial charge in [0, 0.05) is 24.0 Å². The number of rotatable bonds is 3. The fourth-order valence-electron chi connectivity index (χ4n) is 4.93. The average Bonchev–Trinajstić information content (AvgIpc) is 2.97. The molecule has 3 nitrogen and oxygen atoms in total. The summed E-state index contributed by atoms with van der Waals surface area (Å²) in [6.07, 6.45) is 1.78. The van der Waals surface area contributed by atoms with E-state index >= 15 is 0 Å². The Kier molecular flexibility index (Phi) is 3.66. The van der Waals surface area contributed by atoms with Crippen LogP contribution < -0.4 is 4.90 Å². The van der Waals surface area contributed by atoms with Crippen molar-refractivity contribution < 1.29 is 9.53 Å². The van der Waals surface area contributed by atoms with Crippen molar-refractivity contribution in [2.75, 3.05) is 25.2 Å². The SMILES string of the molecule is CN1C2=C(C=O)COCC2(Cc2ccccc2)c2c1ccc1ccccc21. The highest BCUT2D eigenvalue weighted by atomic mass is 16.5. The van der Waals surface area contributed by atoms with Gasteiger partial charge in [0.1, 0.15) is 6.29 Å². The predicted molar refractivity (Wildman–Crippen MR) is 108 cm³/mol. The second-order valence-electron chi connectivity index (χ2n) is 7.47. The summed E-state index contributed by atoms with van der Waals surface area (Å²) in [5.74, 6) is 0. The first-order valence-electron chi connectivity index (χ1n) is 9.31. The molecular formula is C24H21NO2. The number of aldehydes is 1. The number of hydrogen-bond acceptors (Lipinski definition) is 3. The van der Waals surface area contributed by atoms with Crippen molar-refractivity contribution >= 4 is 22.7 Å². The summed E-state index contributed by atoms with van der Waals surface area (Å²) in [7, 11) is 2.07. The van der Waals surface area contributed by atoms with Crippen molar-refractivity contribution in [2.24, 2.45) is 0 Å². The molecule has 2 aliphatic rings. The van der Waals surface area contributed by atoms with Crippen molar-refractivity contribution in [3.63, 3.8) is 0 Å². The highest BCUT2D eigenvalue weighted by molar-refractivity contribution is 5.96. The standard InChI is InChI=1S/C24H21NO2/c1-25-21-12-11-18-9-5-6-10-20(18)22(21)24(13-17-7-3-2-4-8-17)16-27-15-19(14-26)23(24)25/h2-12,14H,13,15-16H2,1H3. The summed E-state index contributed by atoms with van der Waals surface area (Å²) >= 11 is 0. The van der Waals surface area contributed by atoms with E-state index in [1.165, 1.54) is 27.6 Å². The molecule has 2 aliphatic heterocycles. The third kappa shape index (κ3) is 2.28. The first-order valence-corrected chi connectivity index (χ1v) is 9.31. The molecule has 3 aromatic carbocycles. The normalized spacial score (nSPS) is 21.3. The lowest BCUT2D eigenvalue weighted by Gasteiger charge is -2.37. The van der Waals surface area contributed by atoms with E-state index in [1.54, 1.807) is 0 Å². The van der Waals surface area contributed by atoms with E-state index < -0.39 is 0 Å². The van der Waals surface area contributed by atoms with Crippen LogP contribution in [0.4, 0.5) is 5.69 Å². The highest BCUT2D eigenvalue weighted by Gasteiger charge is 2.50. The minimum atomic E-state index is -0.346. The minimum absolute atomic E-state index is 0.346. The number of carbonyl (C=O) groups is 1. The molecule has 0 saturated carbocycles. The minimum Gasteiger partial charge on any atom is -0.375 e. The molecule has 0 fully saturated rings. The fraction of sp³-hybridized carbons (Fsp3) is 0.208. The highest BCUT2D eigenvalue weighted by Crippen LogP contribution is 2.54. The second-order valence-corrected chi connectivity index (χ2v) is 7.47. The summed E-state index contributed by atoms with van der Waals surface area (Å²) in [5, 5.41) is 2.46. The maximum absolute atomic E-state index is 11.9. The van der Waals surface area contributed by atoms with Crippen LogP contribution in [0.25, 0.3) is 10.8 Å². The molecule has 3 heteroatoms. The lowest BCUT2D eigenvalue weighted by Crippen LogP contribution is -2.42. The Hall–Kier alpha value is -2.91. The molecular weight excluding hydrogens is 334 g/mol. The number of benzene rings is 3. The van der Waals surface area contributed by atoms with Gasteiger partial charge < -0.3 is 9.64 Å². The molecule has 2 heterocycles. The van der Waals surface area contributed by atoms with Crippen LogP contribution in [0, 0.1) is 0 Å². The van der Waals surface area contributed by atoms with Gasteiger partial charge in [0.2, 0.25) is 0 Å². The third-order valence-corrected chi connectivity index (χ3v) is 5.94. The first kappa shape index (κ1) is 16.3. The number of hydrogen-bond donors (Lipinski definition) is 0. The van der Waals surface area contributed by atoms with Gasteiger partial charge >= 0.3 is 0 Å². The van der Waals surface area contributed by atoms with Crippen LogP contribution in [-0.4, -0.2) is 26.5 Å². The monoisotopic (exact) mass is 355 g/mol. The van der Waals surface area contributed by atoms with E-state index in [4.69, 9.17) is 4.74 Å². The Morgan fingerprint density at radius 3 is 2.63 bits per heavy atom. The number of carbonyl (C=O) groups excluding carboxylic acids is 1. The van der Waals surface area contributed by atoms with E-state index in [9.17, 15) is 4.79 Å². The Morgan fingerprint density at radius 2 is 1.81 bits per heavy atom. The number of likely N-dealkylation sites (N-methyl/N-ethyl adjacent to an activating group) is 1. The number of nitrogens with zero attached hydrogens (tertiary/aromatic N) is 1. The van der Waals surface area contributed by atoms with Crippen LogP contribution in [-0.2, 0) is 21.4 Å². The van der Waals surface area contributed by atoms with Crippen molar-refractivity contribution in [3.8, 4) is 0 Å². The molecule has 1 unspecified atom stereocenters. The quantitative estimate of drug-likeness (QED) is 0.658. The fourth-order valence-corrected chi connectivity index (χ4v) is 4.93. The van der Waals surface area contributed by atoms with E-state index in [-0.39, 0.29) is 5.41 Å². The van der Waals surface area contributed by atoms with Gasteiger partial charge in [-0.05, 0) is 34.4 Å². The zero-order chi connectivity index (χ0) is 18.4. The van der Waals surface area contributed by atoms with Gasteiger partial charge in [0.25, 0.3) is 0 Å². The maximum atomic E-state index is 11.9. The molecule has 5 rings (SSSR count). The van der Waals surface area contributed by atoms with Gasteiger partial charge in [0.05, 0.1) is 18.6 Å². The van der Waals surface area contributed by atoms with Crippen LogP contribution in [0.3, 0.4) is 0 Å². The maximum Gasteiger partial charge on any atom is 0.150 e. The van der Waals surface area contributed by atoms with E-state index in [1.807, 2.05) is 6.07 Å². The van der Waals surface area contributed by atoms with Crippen LogP contribution in [0.5, 0.6) is 0 Å². The Labute approximate surface area is 158 Å². The predicted octanol–water partition coefficient (Wildman–Crippen LogP) is 4.25. The van der Waals surface area contributed by atoms with Crippen LogP contribution in [0.1, 0.15) is 11.1 Å². The van der Waals surface area contributed by atoms with Crippen LogP contribution >= 0.6 is 0 Å². The van der Waals surface area contributed by atoms with Gasteiger partial charge in [-0.15, -0.1) is 0 Å². The number of fused-ring (bicyclic) bond motifs is 5. The van der Waals surface area contributed by atoms with Gasteiger partial charge in [-0.2, -0.15) is 0 Å². The van der Waals surface area contributed by atoms with Gasteiger partial charge in [-0.25, -0.2) is 0 Å². The van der Waals surface area contributed by atoms with Gasteiger partial charge in [0.15, 0.2) is 0 Å². The average molecular weight is 355 g/mol. The topological polar surface area (TPSA) is 29.5 Å². The molecule has 27 heavy (non-hydrogen) atoms. The molecule has 134 valence electrons. The summed E-state index contributed by atoms with van der Waals surface area (Å²) in [5.41, 5.74) is 5.20. The summed E-state index contributed by atoms with van der Waals surface area (Å²) in [6, 6.07) is 23.3. The lowest BCUT2D eigenvalue weighted by atomic mass is 9.72. The Balaban J connectivity index is 1.85. The van der Waals surface area contributed by atoms with Crippen LogP contribution in [0.15, 0.2) is 78.0 Å². The second kappa shape index (κ2) is 6.07. The molecule has 0 aliphatic carbocycles. The van der Waals surface area contributed by atoms with Gasteiger partial charge in [-0.3, -0.25) is 4.79 Å². The summed E-state index contributed by atoms with van der Waals surface area (Å²) in [6.45, 7) is 0.964. The molecule has 0 amide bonds. The van der Waals surface area contributed by atoms with Crippen molar-refractivity contribution in [3.05, 3.63) is 89.1 Å². The Morgan fingerprint density at radius 1 is 1.04 bits per heavy atom. The number of ether oxygens (including phenoxy) is 1. The van der Waals surface area contributed by atoms with Crippen LogP contribution in [0.2, 0.25) is 0 Å². The molecule has 0 spiro atoms. The van der Waals surface area contributed by atoms with E-state index in [2.05, 4.69) is 72.6 Å². The molecule has 0 aromatic heterocycles. The van der Waals surface area contributed by atoms with E-state index in [0.29, 0.717) is 13.2 Å².